The quantitative estimate of drug-likeness (QED) is 0.633. The van der Waals surface area contributed by atoms with E-state index in [1.807, 2.05) is 45.0 Å². The van der Waals surface area contributed by atoms with Gasteiger partial charge in [0.1, 0.15) is 0 Å². The molecule has 1 aromatic carbocycles. The van der Waals surface area contributed by atoms with E-state index >= 15 is 0 Å². The van der Waals surface area contributed by atoms with E-state index in [2.05, 4.69) is 36.6 Å². The fourth-order valence-corrected chi connectivity index (χ4v) is 2.36. The van der Waals surface area contributed by atoms with Gasteiger partial charge in [0.05, 0.1) is 0 Å². The zero-order chi connectivity index (χ0) is 15.9. The predicted molar refractivity (Wildman–Crippen MR) is 97.6 cm³/mol. The summed E-state index contributed by atoms with van der Waals surface area (Å²) in [6.45, 7) is 16.0. The predicted octanol–water partition coefficient (Wildman–Crippen LogP) is 5.79. The molecule has 1 fully saturated rings. The van der Waals surface area contributed by atoms with E-state index in [1.54, 1.807) is 0 Å². The third-order valence-corrected chi connectivity index (χ3v) is 3.38. The monoisotopic (exact) mass is 287 g/mol. The van der Waals surface area contributed by atoms with Crippen molar-refractivity contribution in [3.8, 4) is 0 Å². The Balaban J connectivity index is 0.000000354. The number of hydrogen-bond acceptors (Lipinski definition) is 1. The molecule has 0 bridgehead atoms. The standard InChI is InChI=1S/C11H12.C7H15N.C2H6/c1-3-10(4-2)11-8-6-5-7-9-11;1-2-5-8-6-3-4-7-8;1-2/h3-9H,1H2,2H3;2-7H2,1H3;1-2H3/b10-4+;;. The Morgan fingerprint density at radius 2 is 1.71 bits per heavy atom. The summed E-state index contributed by atoms with van der Waals surface area (Å²) in [5, 5.41) is 0. The maximum Gasteiger partial charge on any atom is -0.00183 e. The van der Waals surface area contributed by atoms with Gasteiger partial charge in [-0.3, -0.25) is 0 Å². The zero-order valence-electron chi connectivity index (χ0n) is 14.4. The van der Waals surface area contributed by atoms with Crippen LogP contribution in [0.15, 0.2) is 49.1 Å². The van der Waals surface area contributed by atoms with Crippen LogP contribution in [0, 0.1) is 0 Å². The molecule has 0 radical (unpaired) electrons. The lowest BCUT2D eigenvalue weighted by Gasteiger charge is -2.11. The van der Waals surface area contributed by atoms with Crippen molar-refractivity contribution in [3.05, 3.63) is 54.6 Å². The average Bonchev–Trinajstić information content (AvgIpc) is 3.06. The molecule has 118 valence electrons. The highest BCUT2D eigenvalue weighted by molar-refractivity contribution is 5.72. The van der Waals surface area contributed by atoms with Crippen LogP contribution in [-0.2, 0) is 0 Å². The van der Waals surface area contributed by atoms with Gasteiger partial charge in [-0.1, -0.05) is 69.8 Å². The molecular formula is C20H33N. The molecule has 1 nitrogen and oxygen atoms in total. The zero-order valence-corrected chi connectivity index (χ0v) is 14.4. The van der Waals surface area contributed by atoms with Gasteiger partial charge in [0, 0.05) is 0 Å². The van der Waals surface area contributed by atoms with E-state index in [1.165, 1.54) is 50.0 Å². The second kappa shape index (κ2) is 13.6. The molecule has 2 rings (SSSR count). The largest absolute Gasteiger partial charge is 0.303 e. The van der Waals surface area contributed by atoms with Gasteiger partial charge in [-0.2, -0.15) is 0 Å². The molecule has 0 saturated carbocycles. The fourth-order valence-electron chi connectivity index (χ4n) is 2.36. The maximum absolute atomic E-state index is 3.74. The molecule has 0 N–H and O–H groups in total. The van der Waals surface area contributed by atoms with Crippen molar-refractivity contribution in [1.82, 2.24) is 4.90 Å². The molecule has 1 heteroatoms. The molecule has 1 saturated heterocycles. The summed E-state index contributed by atoms with van der Waals surface area (Å²) < 4.78 is 0. The Labute approximate surface area is 132 Å². The Kier molecular flexibility index (Phi) is 12.8. The minimum Gasteiger partial charge on any atom is -0.303 e. The summed E-state index contributed by atoms with van der Waals surface area (Å²) >= 11 is 0. The first-order valence-corrected chi connectivity index (χ1v) is 8.38. The van der Waals surface area contributed by atoms with Gasteiger partial charge >= 0.3 is 0 Å². The Morgan fingerprint density at radius 1 is 1.14 bits per heavy atom. The van der Waals surface area contributed by atoms with Gasteiger partial charge in [0.25, 0.3) is 0 Å². The van der Waals surface area contributed by atoms with Crippen LogP contribution in [0.1, 0.15) is 52.5 Å². The summed E-state index contributed by atoms with van der Waals surface area (Å²) in [7, 11) is 0. The lowest BCUT2D eigenvalue weighted by Crippen LogP contribution is -2.19. The third kappa shape index (κ3) is 8.52. The first-order valence-electron chi connectivity index (χ1n) is 8.38. The van der Waals surface area contributed by atoms with E-state index in [-0.39, 0.29) is 0 Å². The molecule has 21 heavy (non-hydrogen) atoms. The van der Waals surface area contributed by atoms with Crippen LogP contribution in [0.25, 0.3) is 5.57 Å². The van der Waals surface area contributed by atoms with E-state index < -0.39 is 0 Å². The molecule has 0 spiro atoms. The molecule has 1 heterocycles. The molecule has 1 aliphatic rings. The summed E-state index contributed by atoms with van der Waals surface area (Å²) in [6, 6.07) is 10.2. The smallest absolute Gasteiger partial charge is 0.00183 e. The fraction of sp³-hybridized carbons (Fsp3) is 0.500. The highest BCUT2D eigenvalue weighted by Crippen LogP contribution is 2.13. The van der Waals surface area contributed by atoms with Crippen LogP contribution >= 0.6 is 0 Å². The van der Waals surface area contributed by atoms with Crippen molar-refractivity contribution in [3.63, 3.8) is 0 Å². The van der Waals surface area contributed by atoms with Crippen LogP contribution in [0.3, 0.4) is 0 Å². The number of hydrogen-bond donors (Lipinski definition) is 0. The third-order valence-electron chi connectivity index (χ3n) is 3.38. The van der Waals surface area contributed by atoms with Gasteiger partial charge in [0.15, 0.2) is 0 Å². The first-order chi connectivity index (χ1) is 10.3. The number of rotatable bonds is 4. The van der Waals surface area contributed by atoms with Gasteiger partial charge in [-0.15, -0.1) is 0 Å². The number of benzene rings is 1. The minimum absolute atomic E-state index is 1.19. The van der Waals surface area contributed by atoms with Crippen LogP contribution in [-0.4, -0.2) is 24.5 Å². The number of allylic oxidation sites excluding steroid dienone is 3. The SMILES string of the molecule is C=C/C(=C\C)c1ccccc1.CC.CCCN1CCCC1. The highest BCUT2D eigenvalue weighted by atomic mass is 15.1. The van der Waals surface area contributed by atoms with Crippen LogP contribution < -0.4 is 0 Å². The lowest BCUT2D eigenvalue weighted by molar-refractivity contribution is 0.339. The van der Waals surface area contributed by atoms with E-state index in [4.69, 9.17) is 0 Å². The van der Waals surface area contributed by atoms with Gasteiger partial charge in [-0.25, -0.2) is 0 Å². The van der Waals surface area contributed by atoms with E-state index in [0.29, 0.717) is 0 Å². The second-order valence-corrected chi connectivity index (χ2v) is 4.86. The second-order valence-electron chi connectivity index (χ2n) is 4.86. The maximum atomic E-state index is 3.74. The highest BCUT2D eigenvalue weighted by Gasteiger charge is 2.08. The topological polar surface area (TPSA) is 3.24 Å². The number of likely N-dealkylation sites (tertiary alicyclic amines) is 1. The van der Waals surface area contributed by atoms with Crippen molar-refractivity contribution < 1.29 is 0 Å². The molecule has 1 aliphatic heterocycles. The van der Waals surface area contributed by atoms with Gasteiger partial charge < -0.3 is 4.90 Å². The average molecular weight is 287 g/mol. The lowest BCUT2D eigenvalue weighted by atomic mass is 10.1. The van der Waals surface area contributed by atoms with Crippen LogP contribution in [0.4, 0.5) is 0 Å². The van der Waals surface area contributed by atoms with Gasteiger partial charge in [-0.05, 0) is 57.0 Å². The summed E-state index contributed by atoms with van der Waals surface area (Å²) in [5.41, 5.74) is 2.41. The summed E-state index contributed by atoms with van der Waals surface area (Å²) in [4.78, 5) is 2.54. The Morgan fingerprint density at radius 3 is 2.14 bits per heavy atom. The molecule has 0 aliphatic carbocycles. The van der Waals surface area contributed by atoms with Crippen molar-refractivity contribution in [2.45, 2.75) is 47.0 Å². The van der Waals surface area contributed by atoms with Crippen molar-refractivity contribution >= 4 is 5.57 Å². The summed E-state index contributed by atoms with van der Waals surface area (Å²) in [5.74, 6) is 0. The first kappa shape index (κ1) is 19.7. The van der Waals surface area contributed by atoms with Crippen molar-refractivity contribution in [2.75, 3.05) is 19.6 Å². The molecule has 0 unspecified atom stereocenters. The normalized spacial score (nSPS) is 14.6. The Bertz CT molecular complexity index is 372. The van der Waals surface area contributed by atoms with Crippen LogP contribution in [0.2, 0.25) is 0 Å². The molecule has 1 aromatic rings. The molecule has 0 aromatic heterocycles. The Hall–Kier alpha value is -1.34. The van der Waals surface area contributed by atoms with Crippen molar-refractivity contribution in [1.29, 1.82) is 0 Å². The van der Waals surface area contributed by atoms with E-state index in [9.17, 15) is 0 Å². The van der Waals surface area contributed by atoms with Crippen LogP contribution in [0.5, 0.6) is 0 Å². The summed E-state index contributed by atoms with van der Waals surface area (Å²) in [6.07, 6.45) is 8.11. The van der Waals surface area contributed by atoms with Crippen molar-refractivity contribution in [2.24, 2.45) is 0 Å². The molecule has 0 atom stereocenters. The minimum atomic E-state index is 1.19. The molecular weight excluding hydrogens is 254 g/mol. The number of nitrogens with zero attached hydrogens (tertiary/aromatic N) is 1. The van der Waals surface area contributed by atoms with E-state index in [0.717, 1.165) is 0 Å². The van der Waals surface area contributed by atoms with Gasteiger partial charge in [0.2, 0.25) is 0 Å². The molecule has 0 amide bonds.